The van der Waals surface area contributed by atoms with Crippen LogP contribution in [0.5, 0.6) is 5.75 Å². The fourth-order valence-corrected chi connectivity index (χ4v) is 2.24. The number of fused-ring (bicyclic) bond motifs is 1. The third kappa shape index (κ3) is 3.50. The number of nitrogens with two attached hydrogens (primary N) is 1. The molecule has 21 heavy (non-hydrogen) atoms. The summed E-state index contributed by atoms with van der Waals surface area (Å²) in [5.41, 5.74) is 5.78. The van der Waals surface area contributed by atoms with E-state index in [0.717, 1.165) is 0 Å². The Morgan fingerprint density at radius 1 is 1.43 bits per heavy atom. The van der Waals surface area contributed by atoms with Crippen LogP contribution in [0.1, 0.15) is 6.42 Å². The van der Waals surface area contributed by atoms with Crippen LogP contribution in [0.2, 0.25) is 0 Å². The molecular formula is C13H16F3N3O2. The molecule has 0 spiro atoms. The van der Waals surface area contributed by atoms with E-state index >= 15 is 0 Å². The zero-order valence-corrected chi connectivity index (χ0v) is 11.2. The number of para-hydroxylation sites is 2. The van der Waals surface area contributed by atoms with Crippen LogP contribution in [0.25, 0.3) is 0 Å². The van der Waals surface area contributed by atoms with Gasteiger partial charge in [0, 0.05) is 13.1 Å². The molecule has 0 radical (unpaired) electrons. The summed E-state index contributed by atoms with van der Waals surface area (Å²) in [6.45, 7) is 0.426. The molecule has 0 saturated carbocycles. The highest BCUT2D eigenvalue weighted by molar-refractivity contribution is 5.83. The van der Waals surface area contributed by atoms with E-state index in [1.54, 1.807) is 29.2 Å². The summed E-state index contributed by atoms with van der Waals surface area (Å²) in [6.07, 6.45) is -3.99. The van der Waals surface area contributed by atoms with Crippen molar-refractivity contribution in [3.05, 3.63) is 24.3 Å². The first-order valence-corrected chi connectivity index (χ1v) is 6.44. The largest absolute Gasteiger partial charge is 0.491 e. The Labute approximate surface area is 119 Å². The lowest BCUT2D eigenvalue weighted by atomic mass is 10.1. The van der Waals surface area contributed by atoms with Gasteiger partial charge >= 0.3 is 6.18 Å². The van der Waals surface area contributed by atoms with E-state index in [1.165, 1.54) is 0 Å². The maximum Gasteiger partial charge on any atom is 0.400 e. The molecule has 1 unspecified atom stereocenters. The topological polar surface area (TPSA) is 71.1 Å². The van der Waals surface area contributed by atoms with E-state index in [2.05, 4.69) is 5.16 Å². The first kappa shape index (κ1) is 15.3. The number of anilines is 1. The molecule has 0 aromatic heterocycles. The number of halogens is 3. The number of alkyl halides is 3. The van der Waals surface area contributed by atoms with Crippen molar-refractivity contribution in [1.29, 1.82) is 0 Å². The second-order valence-electron chi connectivity index (χ2n) is 4.73. The fraction of sp³-hybridized carbons (Fsp3) is 0.462. The van der Waals surface area contributed by atoms with Crippen molar-refractivity contribution in [1.82, 2.24) is 0 Å². The Hall–Kier alpha value is -2.12. The summed E-state index contributed by atoms with van der Waals surface area (Å²) in [4.78, 5) is 1.55. The number of rotatable bonds is 3. The van der Waals surface area contributed by atoms with Gasteiger partial charge in [-0.2, -0.15) is 13.2 Å². The van der Waals surface area contributed by atoms with Gasteiger partial charge in [-0.1, -0.05) is 17.3 Å². The van der Waals surface area contributed by atoms with Gasteiger partial charge in [-0.25, -0.2) is 0 Å². The minimum absolute atomic E-state index is 0.405. The number of amidine groups is 1. The molecule has 5 nitrogen and oxygen atoms in total. The van der Waals surface area contributed by atoms with E-state index in [0.29, 0.717) is 31.0 Å². The van der Waals surface area contributed by atoms with E-state index in [4.69, 9.17) is 15.7 Å². The molecule has 1 atom stereocenters. The van der Waals surface area contributed by atoms with Gasteiger partial charge in [-0.15, -0.1) is 0 Å². The van der Waals surface area contributed by atoms with Crippen LogP contribution in [-0.2, 0) is 0 Å². The van der Waals surface area contributed by atoms with Gasteiger partial charge in [0.1, 0.15) is 11.7 Å². The SMILES string of the molecule is N/C(=N/O)C(CN1CCCOc2ccccc21)C(F)(F)F. The lowest BCUT2D eigenvalue weighted by Crippen LogP contribution is -2.44. The standard InChI is InChI=1S/C13H16F3N3O2/c14-13(15,16)9(12(17)18-20)8-19-6-3-7-21-11-5-2-1-4-10(11)19/h1-2,4-5,9,20H,3,6-8H2,(H2,17,18). The normalized spacial score (nSPS) is 17.7. The number of oxime groups is 1. The van der Waals surface area contributed by atoms with Crippen LogP contribution in [0, 0.1) is 5.92 Å². The van der Waals surface area contributed by atoms with Crippen LogP contribution in [0.15, 0.2) is 29.4 Å². The summed E-state index contributed by atoms with van der Waals surface area (Å²) in [5.74, 6) is -2.34. The Morgan fingerprint density at radius 2 is 2.14 bits per heavy atom. The highest BCUT2D eigenvalue weighted by Gasteiger charge is 2.44. The number of hydrogen-bond donors (Lipinski definition) is 2. The first-order valence-electron chi connectivity index (χ1n) is 6.44. The second kappa shape index (κ2) is 6.11. The number of nitrogens with zero attached hydrogens (tertiary/aromatic N) is 2. The zero-order valence-electron chi connectivity index (χ0n) is 11.2. The third-order valence-corrected chi connectivity index (χ3v) is 3.31. The number of ether oxygens (including phenoxy) is 1. The van der Waals surface area contributed by atoms with E-state index in [9.17, 15) is 13.2 Å². The van der Waals surface area contributed by atoms with Gasteiger partial charge in [0.2, 0.25) is 0 Å². The van der Waals surface area contributed by atoms with Crippen molar-refractivity contribution < 1.29 is 23.1 Å². The highest BCUT2D eigenvalue weighted by atomic mass is 19.4. The third-order valence-electron chi connectivity index (χ3n) is 3.31. The fourth-order valence-electron chi connectivity index (χ4n) is 2.24. The summed E-state index contributed by atoms with van der Waals surface area (Å²) in [6, 6.07) is 6.89. The van der Waals surface area contributed by atoms with Crippen molar-refractivity contribution in [3.8, 4) is 5.75 Å². The lowest BCUT2D eigenvalue weighted by Gasteiger charge is -2.29. The predicted octanol–water partition coefficient (Wildman–Crippen LogP) is 2.20. The molecule has 3 N–H and O–H groups in total. The summed E-state index contributed by atoms with van der Waals surface area (Å²) >= 11 is 0. The number of benzene rings is 1. The molecule has 8 heteroatoms. The molecule has 1 aliphatic rings. The molecule has 0 fully saturated rings. The quantitative estimate of drug-likeness (QED) is 0.389. The van der Waals surface area contributed by atoms with Crippen LogP contribution in [0.3, 0.4) is 0 Å². The molecule has 0 amide bonds. The Morgan fingerprint density at radius 3 is 2.81 bits per heavy atom. The van der Waals surface area contributed by atoms with Gasteiger partial charge in [0.15, 0.2) is 5.84 Å². The minimum Gasteiger partial charge on any atom is -0.491 e. The summed E-state index contributed by atoms with van der Waals surface area (Å²) < 4.78 is 44.7. The highest BCUT2D eigenvalue weighted by Crippen LogP contribution is 2.34. The maximum absolute atomic E-state index is 13.1. The molecular weight excluding hydrogens is 287 g/mol. The summed E-state index contributed by atoms with van der Waals surface area (Å²) in [5, 5.41) is 11.1. The van der Waals surface area contributed by atoms with Crippen molar-refractivity contribution in [2.24, 2.45) is 16.8 Å². The van der Waals surface area contributed by atoms with Crippen LogP contribution in [0.4, 0.5) is 18.9 Å². The molecule has 2 rings (SSSR count). The number of hydrogen-bond acceptors (Lipinski definition) is 4. The molecule has 0 aliphatic carbocycles. The second-order valence-corrected chi connectivity index (χ2v) is 4.73. The monoisotopic (exact) mass is 303 g/mol. The van der Waals surface area contributed by atoms with Gasteiger partial charge in [0.25, 0.3) is 0 Å². The Bertz CT molecular complexity index is 520. The summed E-state index contributed by atoms with van der Waals surface area (Å²) in [7, 11) is 0. The van der Waals surface area contributed by atoms with Gasteiger partial charge < -0.3 is 20.6 Å². The van der Waals surface area contributed by atoms with Gasteiger partial charge in [-0.05, 0) is 18.6 Å². The van der Waals surface area contributed by atoms with Crippen molar-refractivity contribution in [2.75, 3.05) is 24.6 Å². The van der Waals surface area contributed by atoms with Gasteiger partial charge in [0.05, 0.1) is 12.3 Å². The Kier molecular flexibility index (Phi) is 4.44. The molecule has 1 aromatic carbocycles. The van der Waals surface area contributed by atoms with E-state index < -0.39 is 24.5 Å². The first-order chi connectivity index (χ1) is 9.93. The van der Waals surface area contributed by atoms with E-state index in [-0.39, 0.29) is 0 Å². The average molecular weight is 303 g/mol. The smallest absolute Gasteiger partial charge is 0.400 e. The minimum atomic E-state index is -4.58. The molecule has 1 aromatic rings. The molecule has 116 valence electrons. The van der Waals surface area contributed by atoms with Crippen molar-refractivity contribution in [2.45, 2.75) is 12.6 Å². The van der Waals surface area contributed by atoms with E-state index in [1.807, 2.05) is 0 Å². The molecule has 0 saturated heterocycles. The van der Waals surface area contributed by atoms with Crippen LogP contribution >= 0.6 is 0 Å². The van der Waals surface area contributed by atoms with Crippen molar-refractivity contribution in [3.63, 3.8) is 0 Å². The predicted molar refractivity (Wildman–Crippen MR) is 71.7 cm³/mol. The Balaban J connectivity index is 2.28. The van der Waals surface area contributed by atoms with Crippen LogP contribution < -0.4 is 15.4 Å². The molecule has 0 bridgehead atoms. The maximum atomic E-state index is 13.1. The van der Waals surface area contributed by atoms with Gasteiger partial charge in [-0.3, -0.25) is 0 Å². The molecule has 1 aliphatic heterocycles. The lowest BCUT2D eigenvalue weighted by molar-refractivity contribution is -0.153. The average Bonchev–Trinajstić information content (AvgIpc) is 2.65. The zero-order chi connectivity index (χ0) is 15.5. The van der Waals surface area contributed by atoms with Crippen LogP contribution in [-0.4, -0.2) is 36.9 Å². The molecule has 1 heterocycles. The van der Waals surface area contributed by atoms with Crippen molar-refractivity contribution >= 4 is 11.5 Å².